The lowest BCUT2D eigenvalue weighted by Crippen LogP contribution is -2.06. The topological polar surface area (TPSA) is 43.4 Å². The van der Waals surface area contributed by atoms with Crippen molar-refractivity contribution in [3.63, 3.8) is 0 Å². The van der Waals surface area contributed by atoms with Crippen molar-refractivity contribution in [2.24, 2.45) is 0 Å². The molecule has 0 unspecified atom stereocenters. The molecule has 3 nitrogen and oxygen atoms in total. The van der Waals surface area contributed by atoms with Crippen LogP contribution in [0.5, 0.6) is 5.75 Å². The maximum atomic E-state index is 13.4. The average molecular weight is 232 g/mol. The van der Waals surface area contributed by atoms with Gasteiger partial charge in [0.2, 0.25) is 0 Å². The van der Waals surface area contributed by atoms with Crippen molar-refractivity contribution in [1.29, 1.82) is 0 Å². The zero-order valence-electron chi connectivity index (χ0n) is 8.82. The van der Waals surface area contributed by atoms with E-state index in [1.807, 2.05) is 13.8 Å². The molecule has 0 bridgehead atoms. The van der Waals surface area contributed by atoms with Crippen molar-refractivity contribution < 1.29 is 17.0 Å². The Balaban J connectivity index is 3.02. The van der Waals surface area contributed by atoms with E-state index in [2.05, 4.69) is 4.18 Å². The largest absolute Gasteiger partial charge is 0.382 e. The molecule has 0 saturated carbocycles. The molecule has 0 spiro atoms. The van der Waals surface area contributed by atoms with E-state index in [9.17, 15) is 12.8 Å². The highest BCUT2D eigenvalue weighted by Crippen LogP contribution is 2.23. The molecule has 0 fully saturated rings. The van der Waals surface area contributed by atoms with Crippen molar-refractivity contribution in [3.8, 4) is 5.75 Å². The van der Waals surface area contributed by atoms with Crippen molar-refractivity contribution in [3.05, 3.63) is 29.6 Å². The van der Waals surface area contributed by atoms with Gasteiger partial charge in [-0.2, -0.15) is 8.42 Å². The van der Waals surface area contributed by atoms with Crippen molar-refractivity contribution in [2.75, 3.05) is 6.26 Å². The van der Waals surface area contributed by atoms with Gasteiger partial charge in [0, 0.05) is 6.07 Å². The molecular weight excluding hydrogens is 219 g/mol. The van der Waals surface area contributed by atoms with E-state index in [1.165, 1.54) is 12.1 Å². The lowest BCUT2D eigenvalue weighted by molar-refractivity contribution is 0.489. The predicted molar refractivity (Wildman–Crippen MR) is 56.0 cm³/mol. The third-order valence-corrected chi connectivity index (χ3v) is 2.34. The Hall–Kier alpha value is -1.10. The van der Waals surface area contributed by atoms with E-state index in [0.29, 0.717) is 5.56 Å². The van der Waals surface area contributed by atoms with Gasteiger partial charge in [0.1, 0.15) is 11.6 Å². The molecular formula is C10H13FO3S. The monoisotopic (exact) mass is 232 g/mol. The van der Waals surface area contributed by atoms with Crippen LogP contribution in [0.2, 0.25) is 0 Å². The van der Waals surface area contributed by atoms with Gasteiger partial charge in [-0.1, -0.05) is 19.9 Å². The van der Waals surface area contributed by atoms with Gasteiger partial charge in [0.25, 0.3) is 0 Å². The van der Waals surface area contributed by atoms with Gasteiger partial charge >= 0.3 is 10.1 Å². The van der Waals surface area contributed by atoms with Gasteiger partial charge in [-0.25, -0.2) is 4.39 Å². The molecule has 1 aromatic rings. The molecule has 0 aliphatic rings. The molecule has 5 heteroatoms. The lowest BCUT2D eigenvalue weighted by Gasteiger charge is -2.08. The van der Waals surface area contributed by atoms with Crippen LogP contribution in [0.1, 0.15) is 25.3 Å². The van der Waals surface area contributed by atoms with Gasteiger partial charge in [-0.05, 0) is 17.5 Å². The van der Waals surface area contributed by atoms with Crippen LogP contribution in [0.25, 0.3) is 0 Å². The first kappa shape index (κ1) is 12.0. The SMILES string of the molecule is CC(C)c1ccc(OS(C)(=O)=O)cc1F. The summed E-state index contributed by atoms with van der Waals surface area (Å²) in [5.41, 5.74) is 0.538. The van der Waals surface area contributed by atoms with Crippen LogP contribution < -0.4 is 4.18 Å². The quantitative estimate of drug-likeness (QED) is 0.751. The van der Waals surface area contributed by atoms with Crippen molar-refractivity contribution in [2.45, 2.75) is 19.8 Å². The Kier molecular flexibility index (Phi) is 3.34. The fourth-order valence-corrected chi connectivity index (χ4v) is 1.66. The minimum absolute atomic E-state index is 0.000556. The lowest BCUT2D eigenvalue weighted by atomic mass is 10.0. The zero-order valence-corrected chi connectivity index (χ0v) is 9.64. The molecule has 0 atom stereocenters. The third kappa shape index (κ3) is 3.51. The minimum atomic E-state index is -3.59. The van der Waals surface area contributed by atoms with Gasteiger partial charge < -0.3 is 4.18 Å². The first-order chi connectivity index (χ1) is 6.79. The van der Waals surface area contributed by atoms with Gasteiger partial charge in [-0.3, -0.25) is 0 Å². The van der Waals surface area contributed by atoms with Crippen LogP contribution in [-0.4, -0.2) is 14.7 Å². The second kappa shape index (κ2) is 4.18. The smallest absolute Gasteiger partial charge is 0.306 e. The average Bonchev–Trinajstić information content (AvgIpc) is 1.99. The molecule has 84 valence electrons. The summed E-state index contributed by atoms with van der Waals surface area (Å²) in [6.45, 7) is 3.71. The molecule has 0 radical (unpaired) electrons. The van der Waals surface area contributed by atoms with Crippen LogP contribution in [0.3, 0.4) is 0 Å². The van der Waals surface area contributed by atoms with Crippen LogP contribution in [0, 0.1) is 5.82 Å². The summed E-state index contributed by atoms with van der Waals surface area (Å²) < 4.78 is 39.5. The number of benzene rings is 1. The Morgan fingerprint density at radius 2 is 1.93 bits per heavy atom. The minimum Gasteiger partial charge on any atom is -0.382 e. The van der Waals surface area contributed by atoms with Crippen molar-refractivity contribution >= 4 is 10.1 Å². The number of hydrogen-bond acceptors (Lipinski definition) is 3. The highest BCUT2D eigenvalue weighted by Gasteiger charge is 2.10. The van der Waals surface area contributed by atoms with Crippen LogP contribution in [0.4, 0.5) is 4.39 Å². The number of halogens is 1. The van der Waals surface area contributed by atoms with E-state index in [1.54, 1.807) is 0 Å². The molecule has 0 N–H and O–H groups in total. The summed E-state index contributed by atoms with van der Waals surface area (Å²) in [5, 5.41) is 0. The third-order valence-electron chi connectivity index (χ3n) is 1.84. The maximum absolute atomic E-state index is 13.4. The van der Waals surface area contributed by atoms with Crippen LogP contribution in [0.15, 0.2) is 18.2 Å². The van der Waals surface area contributed by atoms with E-state index in [4.69, 9.17) is 0 Å². The van der Waals surface area contributed by atoms with Crippen LogP contribution in [-0.2, 0) is 10.1 Å². The Morgan fingerprint density at radius 1 is 1.33 bits per heavy atom. The fraction of sp³-hybridized carbons (Fsp3) is 0.400. The second-order valence-electron chi connectivity index (χ2n) is 3.63. The van der Waals surface area contributed by atoms with Gasteiger partial charge in [0.05, 0.1) is 6.26 Å². The van der Waals surface area contributed by atoms with E-state index >= 15 is 0 Å². The first-order valence-electron chi connectivity index (χ1n) is 4.48. The molecule has 0 heterocycles. The molecule has 0 aromatic heterocycles. The molecule has 0 saturated heterocycles. The van der Waals surface area contributed by atoms with E-state index in [0.717, 1.165) is 12.3 Å². The maximum Gasteiger partial charge on any atom is 0.306 e. The summed E-state index contributed by atoms with van der Waals surface area (Å²) in [7, 11) is -3.59. The standard InChI is InChI=1S/C10H13FO3S/c1-7(2)9-5-4-8(6-10(9)11)14-15(3,12)13/h4-7H,1-3H3. The zero-order chi connectivity index (χ0) is 11.6. The molecule has 0 amide bonds. The molecule has 0 aliphatic carbocycles. The van der Waals surface area contributed by atoms with E-state index in [-0.39, 0.29) is 11.7 Å². The van der Waals surface area contributed by atoms with E-state index < -0.39 is 15.9 Å². The summed E-state index contributed by atoms with van der Waals surface area (Å²) >= 11 is 0. The highest BCUT2D eigenvalue weighted by atomic mass is 32.2. The number of rotatable bonds is 3. The van der Waals surface area contributed by atoms with Gasteiger partial charge in [-0.15, -0.1) is 0 Å². The predicted octanol–water partition coefficient (Wildman–Crippen LogP) is 2.29. The second-order valence-corrected chi connectivity index (χ2v) is 5.20. The van der Waals surface area contributed by atoms with Crippen molar-refractivity contribution in [1.82, 2.24) is 0 Å². The summed E-state index contributed by atoms with van der Waals surface area (Å²) in [6.07, 6.45) is 0.918. The highest BCUT2D eigenvalue weighted by molar-refractivity contribution is 7.86. The normalized spacial score (nSPS) is 11.8. The molecule has 0 aliphatic heterocycles. The molecule has 1 aromatic carbocycles. The molecule has 1 rings (SSSR count). The van der Waals surface area contributed by atoms with Crippen LogP contribution >= 0.6 is 0 Å². The fourth-order valence-electron chi connectivity index (χ4n) is 1.20. The Morgan fingerprint density at radius 3 is 2.33 bits per heavy atom. The molecule has 15 heavy (non-hydrogen) atoms. The number of hydrogen-bond donors (Lipinski definition) is 0. The first-order valence-corrected chi connectivity index (χ1v) is 6.30. The Bertz CT molecular complexity index is 452. The summed E-state index contributed by atoms with van der Waals surface area (Å²) in [4.78, 5) is 0. The Labute approximate surface area is 89.0 Å². The summed E-state index contributed by atoms with van der Waals surface area (Å²) in [5.74, 6) is -0.400. The van der Waals surface area contributed by atoms with Gasteiger partial charge in [0.15, 0.2) is 0 Å². The summed E-state index contributed by atoms with van der Waals surface area (Å²) in [6, 6.07) is 4.05.